The summed E-state index contributed by atoms with van der Waals surface area (Å²) in [5.74, 6) is -2.41. The van der Waals surface area contributed by atoms with Gasteiger partial charge in [0.1, 0.15) is 23.4 Å². The van der Waals surface area contributed by atoms with Gasteiger partial charge in [0.2, 0.25) is 0 Å². The van der Waals surface area contributed by atoms with Crippen LogP contribution in [-0.4, -0.2) is 29.4 Å². The summed E-state index contributed by atoms with van der Waals surface area (Å²) in [4.78, 5) is 11.3. The third-order valence-corrected chi connectivity index (χ3v) is 5.35. The van der Waals surface area contributed by atoms with Crippen molar-refractivity contribution in [3.8, 4) is 11.5 Å². The van der Waals surface area contributed by atoms with Gasteiger partial charge in [0.05, 0.1) is 5.56 Å². The Labute approximate surface area is 161 Å². The minimum atomic E-state index is -4.72. The average Bonchev–Trinajstić information content (AvgIpc) is 3.09. The van der Waals surface area contributed by atoms with Gasteiger partial charge in [0.25, 0.3) is 0 Å². The van der Waals surface area contributed by atoms with Crippen molar-refractivity contribution in [2.45, 2.75) is 37.8 Å². The second kappa shape index (κ2) is 6.36. The molecule has 2 fully saturated rings. The fourth-order valence-electron chi connectivity index (χ4n) is 3.99. The number of fused-ring (bicyclic) bond motifs is 3. The molecule has 1 aliphatic heterocycles. The van der Waals surface area contributed by atoms with E-state index in [9.17, 15) is 31.9 Å². The Morgan fingerprint density at radius 2 is 2.03 bits per heavy atom. The summed E-state index contributed by atoms with van der Waals surface area (Å²) < 4.78 is 79.3. The van der Waals surface area contributed by atoms with Crippen LogP contribution in [0.4, 0.5) is 22.0 Å². The van der Waals surface area contributed by atoms with E-state index in [-0.39, 0.29) is 18.1 Å². The number of aliphatic carboxylic acids is 1. The molecule has 4 atom stereocenters. The number of carboxylic acids is 1. The standard InChI is InChI=1S/C19H15F5O5/c1-18-14(15(18)16(25)26)10-4-3-9(7-12(10)29-18)27-11-5-2-8(19(22,23)24)6-13(11)28-17(20)21/h2,4-7,9,14-15,17H,3H2,1H3,(H,25,26). The van der Waals surface area contributed by atoms with Crippen molar-refractivity contribution in [1.82, 2.24) is 0 Å². The number of ether oxygens (including phenoxy) is 3. The molecule has 0 amide bonds. The van der Waals surface area contributed by atoms with Crippen molar-refractivity contribution in [1.29, 1.82) is 0 Å². The first-order chi connectivity index (χ1) is 13.5. The lowest BCUT2D eigenvalue weighted by molar-refractivity contribution is -0.140. The van der Waals surface area contributed by atoms with Crippen LogP contribution in [0.5, 0.6) is 11.5 Å². The maximum Gasteiger partial charge on any atom is 0.416 e. The lowest BCUT2D eigenvalue weighted by Gasteiger charge is -2.23. The zero-order chi connectivity index (χ0) is 21.1. The summed E-state index contributed by atoms with van der Waals surface area (Å²) in [6, 6.07) is 2.09. The Morgan fingerprint density at radius 3 is 2.66 bits per heavy atom. The van der Waals surface area contributed by atoms with Crippen LogP contribution in [0.25, 0.3) is 0 Å². The van der Waals surface area contributed by atoms with Gasteiger partial charge in [0.15, 0.2) is 11.5 Å². The molecule has 1 aromatic rings. The van der Waals surface area contributed by atoms with Gasteiger partial charge >= 0.3 is 18.8 Å². The summed E-state index contributed by atoms with van der Waals surface area (Å²) in [6.07, 6.45) is -1.84. The fourth-order valence-corrected chi connectivity index (χ4v) is 3.99. The molecule has 1 saturated carbocycles. The number of rotatable bonds is 5. The quantitative estimate of drug-likeness (QED) is 0.719. The molecule has 156 valence electrons. The van der Waals surface area contributed by atoms with Gasteiger partial charge in [-0.3, -0.25) is 4.79 Å². The van der Waals surface area contributed by atoms with Crippen molar-refractivity contribution < 1.29 is 46.1 Å². The van der Waals surface area contributed by atoms with Crippen LogP contribution in [0, 0.1) is 11.8 Å². The second-order valence-electron chi connectivity index (χ2n) is 7.20. The topological polar surface area (TPSA) is 65.0 Å². The molecule has 1 aromatic carbocycles. The number of hydrogen-bond donors (Lipinski definition) is 1. The summed E-state index contributed by atoms with van der Waals surface area (Å²) in [5.41, 5.74) is -1.23. The SMILES string of the molecule is CC12OC3=CC(Oc4ccc(C(F)(F)F)cc4OC(F)F)CC=C3C1C2C(=O)O. The van der Waals surface area contributed by atoms with Crippen molar-refractivity contribution in [3.05, 3.63) is 47.2 Å². The molecule has 4 unspecified atom stereocenters. The molecule has 5 nitrogen and oxygen atoms in total. The number of carbonyl (C=O) groups is 1. The number of hydrogen-bond acceptors (Lipinski definition) is 4. The highest BCUT2D eigenvalue weighted by Crippen LogP contribution is 2.65. The third-order valence-electron chi connectivity index (χ3n) is 5.35. The number of carboxylic acid groups (broad SMARTS) is 1. The Balaban J connectivity index is 1.54. The van der Waals surface area contributed by atoms with E-state index in [0.717, 1.165) is 11.6 Å². The average molecular weight is 418 g/mol. The lowest BCUT2D eigenvalue weighted by Crippen LogP contribution is -2.21. The number of allylic oxidation sites excluding steroid dienone is 1. The molecule has 1 N–H and O–H groups in total. The molecule has 0 spiro atoms. The predicted molar refractivity (Wildman–Crippen MR) is 87.4 cm³/mol. The second-order valence-corrected chi connectivity index (χ2v) is 7.20. The van der Waals surface area contributed by atoms with Crippen molar-refractivity contribution in [2.75, 3.05) is 0 Å². The van der Waals surface area contributed by atoms with E-state index in [1.54, 1.807) is 19.1 Å². The van der Waals surface area contributed by atoms with E-state index in [1.807, 2.05) is 0 Å². The number of halogens is 5. The molecule has 0 bridgehead atoms. The molecule has 4 rings (SSSR count). The van der Waals surface area contributed by atoms with Crippen LogP contribution >= 0.6 is 0 Å². The molecular formula is C19H15F5O5. The number of benzene rings is 1. The van der Waals surface area contributed by atoms with E-state index in [2.05, 4.69) is 4.74 Å². The highest BCUT2D eigenvalue weighted by atomic mass is 19.4. The monoisotopic (exact) mass is 418 g/mol. The van der Waals surface area contributed by atoms with Gasteiger partial charge in [-0.25, -0.2) is 0 Å². The number of alkyl halides is 5. The zero-order valence-electron chi connectivity index (χ0n) is 14.9. The van der Waals surface area contributed by atoms with E-state index in [0.29, 0.717) is 17.9 Å². The van der Waals surface area contributed by atoms with Crippen LogP contribution in [0.1, 0.15) is 18.9 Å². The summed E-state index contributed by atoms with van der Waals surface area (Å²) in [5, 5.41) is 9.24. The normalized spacial score (nSPS) is 30.0. The molecule has 10 heteroatoms. The van der Waals surface area contributed by atoms with Gasteiger partial charge in [-0.1, -0.05) is 6.08 Å². The highest BCUT2D eigenvalue weighted by Gasteiger charge is 2.74. The first-order valence-electron chi connectivity index (χ1n) is 8.67. The van der Waals surface area contributed by atoms with Crippen LogP contribution in [0.3, 0.4) is 0 Å². The Bertz CT molecular complexity index is 922. The molecule has 1 saturated heterocycles. The maximum absolute atomic E-state index is 12.8. The minimum absolute atomic E-state index is 0.268. The van der Waals surface area contributed by atoms with Crippen LogP contribution in [0.15, 0.2) is 41.7 Å². The molecular weight excluding hydrogens is 403 g/mol. The first kappa shape index (κ1) is 19.5. The molecule has 29 heavy (non-hydrogen) atoms. The van der Waals surface area contributed by atoms with E-state index >= 15 is 0 Å². The van der Waals surface area contributed by atoms with E-state index in [4.69, 9.17) is 9.47 Å². The summed E-state index contributed by atoms with van der Waals surface area (Å²) in [6.45, 7) is -1.63. The summed E-state index contributed by atoms with van der Waals surface area (Å²) >= 11 is 0. The first-order valence-corrected chi connectivity index (χ1v) is 8.67. The molecule has 2 aliphatic carbocycles. The highest BCUT2D eigenvalue weighted by molar-refractivity contribution is 5.79. The maximum atomic E-state index is 12.8. The van der Waals surface area contributed by atoms with Crippen LogP contribution in [0.2, 0.25) is 0 Å². The fraction of sp³-hybridized carbons (Fsp3) is 0.421. The van der Waals surface area contributed by atoms with E-state index in [1.165, 1.54) is 0 Å². The third kappa shape index (κ3) is 3.30. The van der Waals surface area contributed by atoms with Gasteiger partial charge in [-0.2, -0.15) is 22.0 Å². The van der Waals surface area contributed by atoms with Crippen molar-refractivity contribution in [2.24, 2.45) is 11.8 Å². The minimum Gasteiger partial charge on any atom is -0.486 e. The molecule has 1 heterocycles. The Kier molecular flexibility index (Phi) is 4.29. The zero-order valence-corrected chi connectivity index (χ0v) is 14.9. The smallest absolute Gasteiger partial charge is 0.416 e. The van der Waals surface area contributed by atoms with Crippen LogP contribution < -0.4 is 9.47 Å². The van der Waals surface area contributed by atoms with Gasteiger partial charge < -0.3 is 19.3 Å². The Hall–Kier alpha value is -2.78. The van der Waals surface area contributed by atoms with Gasteiger partial charge in [0, 0.05) is 12.3 Å². The van der Waals surface area contributed by atoms with Crippen molar-refractivity contribution in [3.63, 3.8) is 0 Å². The molecule has 3 aliphatic rings. The van der Waals surface area contributed by atoms with Crippen molar-refractivity contribution >= 4 is 5.97 Å². The summed E-state index contributed by atoms with van der Waals surface area (Å²) in [7, 11) is 0. The van der Waals surface area contributed by atoms with Crippen LogP contribution in [-0.2, 0) is 15.7 Å². The Morgan fingerprint density at radius 1 is 1.31 bits per heavy atom. The molecule has 0 radical (unpaired) electrons. The van der Waals surface area contributed by atoms with Gasteiger partial charge in [-0.05, 0) is 36.8 Å². The largest absolute Gasteiger partial charge is 0.486 e. The van der Waals surface area contributed by atoms with E-state index < -0.39 is 47.7 Å². The molecule has 0 aromatic heterocycles. The van der Waals surface area contributed by atoms with Gasteiger partial charge in [-0.15, -0.1) is 0 Å². The predicted octanol–water partition coefficient (Wildman–Crippen LogP) is 4.39. The lowest BCUT2D eigenvalue weighted by atomic mass is 9.98.